The molecule has 1 aliphatic heterocycles. The molecular formula is C25H27N3O2S. The molecule has 0 bridgehead atoms. The zero-order chi connectivity index (χ0) is 22.0. The summed E-state index contributed by atoms with van der Waals surface area (Å²) in [6, 6.07) is 15.9. The average Bonchev–Trinajstić information content (AvgIpc) is 3.28. The lowest BCUT2D eigenvalue weighted by Crippen LogP contribution is -2.38. The number of carbonyl (C=O) groups excluding carboxylic acids is 2. The zero-order valence-corrected chi connectivity index (χ0v) is 19.0. The second-order valence-corrected chi connectivity index (χ2v) is 9.06. The standard InChI is InChI=1S/C25H27N3O2S/c1-17(2)24(30)28-13-7-10-20-15-19(11-12-22(20)28)21-16-31-25(26-21)27(3)23(29)14-18-8-5-4-6-9-18/h4-6,8-9,11-12,15-17H,7,10,13-14H2,1-3H3. The Balaban J connectivity index is 1.53. The van der Waals surface area contributed by atoms with E-state index in [0.29, 0.717) is 11.6 Å². The van der Waals surface area contributed by atoms with Crippen molar-refractivity contribution in [3.63, 3.8) is 0 Å². The molecule has 2 heterocycles. The molecule has 0 fully saturated rings. The van der Waals surface area contributed by atoms with Crippen LogP contribution in [0.25, 0.3) is 11.3 Å². The molecule has 160 valence electrons. The van der Waals surface area contributed by atoms with Crippen LogP contribution in [-0.2, 0) is 22.4 Å². The predicted molar refractivity (Wildman–Crippen MR) is 127 cm³/mol. The number of fused-ring (bicyclic) bond motifs is 1. The molecule has 5 nitrogen and oxygen atoms in total. The molecular weight excluding hydrogens is 406 g/mol. The maximum atomic E-state index is 12.7. The Morgan fingerprint density at radius 2 is 1.94 bits per heavy atom. The van der Waals surface area contributed by atoms with Gasteiger partial charge in [0.1, 0.15) is 0 Å². The monoisotopic (exact) mass is 433 g/mol. The molecule has 0 N–H and O–H groups in total. The molecule has 3 aromatic rings. The highest BCUT2D eigenvalue weighted by atomic mass is 32.1. The number of nitrogens with zero attached hydrogens (tertiary/aromatic N) is 3. The predicted octanol–water partition coefficient (Wildman–Crippen LogP) is 4.95. The lowest BCUT2D eigenvalue weighted by molar-refractivity contribution is -0.121. The number of rotatable bonds is 5. The summed E-state index contributed by atoms with van der Waals surface area (Å²) in [5.41, 5.74) is 5.06. The van der Waals surface area contributed by atoms with Gasteiger partial charge < -0.3 is 4.90 Å². The number of thiazole rings is 1. The summed E-state index contributed by atoms with van der Waals surface area (Å²) in [6.45, 7) is 4.66. The minimum absolute atomic E-state index is 0.0142. The highest BCUT2D eigenvalue weighted by Gasteiger charge is 2.25. The lowest BCUT2D eigenvalue weighted by Gasteiger charge is -2.31. The van der Waals surface area contributed by atoms with Crippen LogP contribution in [0.15, 0.2) is 53.9 Å². The van der Waals surface area contributed by atoms with Gasteiger partial charge in [0, 0.05) is 36.1 Å². The van der Waals surface area contributed by atoms with E-state index in [1.54, 1.807) is 11.9 Å². The van der Waals surface area contributed by atoms with Crippen molar-refractivity contribution < 1.29 is 9.59 Å². The van der Waals surface area contributed by atoms with E-state index in [1.807, 2.05) is 66.6 Å². The van der Waals surface area contributed by atoms with Crippen molar-refractivity contribution in [3.8, 4) is 11.3 Å². The summed E-state index contributed by atoms with van der Waals surface area (Å²) in [5, 5.41) is 2.67. The first kappa shape index (κ1) is 21.2. The van der Waals surface area contributed by atoms with Crippen LogP contribution < -0.4 is 9.80 Å². The maximum Gasteiger partial charge on any atom is 0.232 e. The van der Waals surface area contributed by atoms with Gasteiger partial charge in [-0.3, -0.25) is 14.5 Å². The molecule has 2 aromatic carbocycles. The van der Waals surface area contributed by atoms with Crippen LogP contribution in [0.1, 0.15) is 31.4 Å². The number of aryl methyl sites for hydroxylation is 1. The number of amides is 2. The summed E-state index contributed by atoms with van der Waals surface area (Å²) in [7, 11) is 1.77. The number of benzene rings is 2. The van der Waals surface area contributed by atoms with Gasteiger partial charge in [-0.05, 0) is 36.1 Å². The van der Waals surface area contributed by atoms with E-state index in [-0.39, 0.29) is 17.7 Å². The Kier molecular flexibility index (Phi) is 6.18. The summed E-state index contributed by atoms with van der Waals surface area (Å²) in [6.07, 6.45) is 2.27. The number of likely N-dealkylation sites (N-methyl/N-ethyl adjacent to an activating group) is 1. The molecule has 0 aliphatic carbocycles. The topological polar surface area (TPSA) is 53.5 Å². The summed E-state index contributed by atoms with van der Waals surface area (Å²) < 4.78 is 0. The normalized spacial score (nSPS) is 13.2. The number of anilines is 2. The molecule has 0 radical (unpaired) electrons. The van der Waals surface area contributed by atoms with Crippen molar-refractivity contribution in [3.05, 3.63) is 65.0 Å². The minimum Gasteiger partial charge on any atom is -0.312 e. The molecule has 2 amide bonds. The third-order valence-electron chi connectivity index (χ3n) is 5.61. The van der Waals surface area contributed by atoms with Crippen LogP contribution in [0.2, 0.25) is 0 Å². The van der Waals surface area contributed by atoms with Crippen molar-refractivity contribution >= 4 is 34.0 Å². The summed E-state index contributed by atoms with van der Waals surface area (Å²) in [5.74, 6) is 0.166. The second kappa shape index (κ2) is 9.02. The van der Waals surface area contributed by atoms with Crippen LogP contribution in [0.4, 0.5) is 10.8 Å². The van der Waals surface area contributed by atoms with Crippen molar-refractivity contribution in [1.29, 1.82) is 0 Å². The van der Waals surface area contributed by atoms with Gasteiger partial charge in [-0.25, -0.2) is 4.98 Å². The minimum atomic E-state index is -0.0179. The molecule has 4 rings (SSSR count). The van der Waals surface area contributed by atoms with E-state index in [1.165, 1.54) is 16.9 Å². The van der Waals surface area contributed by atoms with Gasteiger partial charge in [-0.15, -0.1) is 11.3 Å². The average molecular weight is 434 g/mol. The van der Waals surface area contributed by atoms with Crippen LogP contribution in [0.3, 0.4) is 0 Å². The molecule has 0 saturated heterocycles. The number of aromatic nitrogens is 1. The molecule has 1 aliphatic rings. The van der Waals surface area contributed by atoms with Crippen molar-refractivity contribution in [2.45, 2.75) is 33.1 Å². The molecule has 0 spiro atoms. The Hall–Kier alpha value is -2.99. The van der Waals surface area contributed by atoms with Crippen molar-refractivity contribution in [2.75, 3.05) is 23.4 Å². The molecule has 1 aromatic heterocycles. The van der Waals surface area contributed by atoms with Gasteiger partial charge in [0.25, 0.3) is 0 Å². The highest BCUT2D eigenvalue weighted by molar-refractivity contribution is 7.14. The summed E-state index contributed by atoms with van der Waals surface area (Å²) in [4.78, 5) is 33.5. The van der Waals surface area contributed by atoms with Gasteiger partial charge in [0.2, 0.25) is 11.8 Å². The molecule has 0 saturated carbocycles. The fraction of sp³-hybridized carbons (Fsp3) is 0.320. The van der Waals surface area contributed by atoms with Crippen molar-refractivity contribution in [1.82, 2.24) is 4.98 Å². The first-order chi connectivity index (χ1) is 14.9. The molecule has 31 heavy (non-hydrogen) atoms. The van der Waals surface area contributed by atoms with E-state index in [9.17, 15) is 9.59 Å². The fourth-order valence-electron chi connectivity index (χ4n) is 3.84. The zero-order valence-electron chi connectivity index (χ0n) is 18.2. The second-order valence-electron chi connectivity index (χ2n) is 8.22. The van der Waals surface area contributed by atoms with Gasteiger partial charge >= 0.3 is 0 Å². The van der Waals surface area contributed by atoms with Crippen LogP contribution >= 0.6 is 11.3 Å². The van der Waals surface area contributed by atoms with Crippen LogP contribution in [0, 0.1) is 5.92 Å². The number of hydrogen-bond acceptors (Lipinski definition) is 4. The van der Waals surface area contributed by atoms with Gasteiger partial charge in [-0.1, -0.05) is 50.2 Å². The Labute approximate surface area is 187 Å². The van der Waals surface area contributed by atoms with Gasteiger partial charge in [-0.2, -0.15) is 0 Å². The number of hydrogen-bond donors (Lipinski definition) is 0. The third kappa shape index (κ3) is 4.54. The largest absolute Gasteiger partial charge is 0.312 e. The van der Waals surface area contributed by atoms with Crippen molar-refractivity contribution in [2.24, 2.45) is 5.92 Å². The van der Waals surface area contributed by atoms with E-state index in [4.69, 9.17) is 4.98 Å². The summed E-state index contributed by atoms with van der Waals surface area (Å²) >= 11 is 1.47. The highest BCUT2D eigenvalue weighted by Crippen LogP contribution is 2.34. The Morgan fingerprint density at radius 3 is 2.68 bits per heavy atom. The Bertz CT molecular complexity index is 1090. The third-order valence-corrected chi connectivity index (χ3v) is 6.52. The maximum absolute atomic E-state index is 12.7. The smallest absolute Gasteiger partial charge is 0.232 e. The van der Waals surface area contributed by atoms with E-state index >= 15 is 0 Å². The van der Waals surface area contributed by atoms with Gasteiger partial charge in [0.15, 0.2) is 5.13 Å². The Morgan fingerprint density at radius 1 is 1.16 bits per heavy atom. The fourth-order valence-corrected chi connectivity index (χ4v) is 4.66. The first-order valence-corrected chi connectivity index (χ1v) is 11.5. The van der Waals surface area contributed by atoms with Crippen LogP contribution in [0.5, 0.6) is 0 Å². The van der Waals surface area contributed by atoms with E-state index in [0.717, 1.165) is 41.9 Å². The first-order valence-electron chi connectivity index (χ1n) is 10.6. The van der Waals surface area contributed by atoms with Gasteiger partial charge in [0.05, 0.1) is 12.1 Å². The van der Waals surface area contributed by atoms with E-state index < -0.39 is 0 Å². The number of carbonyl (C=O) groups is 2. The molecule has 6 heteroatoms. The quantitative estimate of drug-likeness (QED) is 0.572. The lowest BCUT2D eigenvalue weighted by atomic mass is 9.97. The SMILES string of the molecule is CC(C)C(=O)N1CCCc2cc(-c3csc(N(C)C(=O)Cc4ccccc4)n3)ccc21. The molecule has 0 atom stereocenters. The molecule has 0 unspecified atom stereocenters. The van der Waals surface area contributed by atoms with E-state index in [2.05, 4.69) is 6.07 Å². The van der Waals surface area contributed by atoms with Crippen LogP contribution in [-0.4, -0.2) is 30.4 Å².